The molecule has 1 aromatic carbocycles. The van der Waals surface area contributed by atoms with Crippen molar-refractivity contribution in [3.8, 4) is 11.5 Å². The number of hydrogen-bond donors (Lipinski definition) is 0. The van der Waals surface area contributed by atoms with E-state index in [0.29, 0.717) is 11.8 Å². The molecule has 0 bridgehead atoms. The van der Waals surface area contributed by atoms with Crippen LogP contribution in [0.3, 0.4) is 0 Å². The first-order valence-corrected chi connectivity index (χ1v) is 9.79. The van der Waals surface area contributed by atoms with Crippen molar-refractivity contribution >= 4 is 0 Å². The molecule has 6 heteroatoms. The van der Waals surface area contributed by atoms with Crippen molar-refractivity contribution in [2.75, 3.05) is 6.61 Å². The molecule has 3 rings (SSSR count). The number of rotatable bonds is 8. The third-order valence-electron chi connectivity index (χ3n) is 5.51. The van der Waals surface area contributed by atoms with E-state index in [0.717, 1.165) is 32.1 Å². The smallest absolute Gasteiger partial charge is 0.490 e. The first kappa shape index (κ1) is 20.0. The van der Waals surface area contributed by atoms with Crippen LogP contribution in [0.5, 0.6) is 11.5 Å². The van der Waals surface area contributed by atoms with Crippen LogP contribution in [0.25, 0.3) is 0 Å². The zero-order chi connectivity index (χ0) is 19.3. The summed E-state index contributed by atoms with van der Waals surface area (Å²) in [6.45, 7) is 0.263. The van der Waals surface area contributed by atoms with Crippen LogP contribution in [0, 0.1) is 17.7 Å². The van der Waals surface area contributed by atoms with Gasteiger partial charge in [0.25, 0.3) is 0 Å². The summed E-state index contributed by atoms with van der Waals surface area (Å²) in [5, 5.41) is 0. The Hall–Kier alpha value is -1.72. The van der Waals surface area contributed by atoms with Crippen molar-refractivity contribution < 1.29 is 27.0 Å². The lowest BCUT2D eigenvalue weighted by molar-refractivity contribution is -0.276. The van der Waals surface area contributed by atoms with Crippen molar-refractivity contribution in [3.63, 3.8) is 0 Å². The minimum atomic E-state index is -4.97. The highest BCUT2D eigenvalue weighted by atomic mass is 19.4. The quantitative estimate of drug-likeness (QED) is 0.371. The largest absolute Gasteiger partial charge is 0.573 e. The Bertz CT molecular complexity index is 644. The Labute approximate surface area is 157 Å². The van der Waals surface area contributed by atoms with Crippen molar-refractivity contribution in [2.45, 2.75) is 64.1 Å². The molecule has 0 saturated heterocycles. The van der Waals surface area contributed by atoms with Crippen LogP contribution in [-0.4, -0.2) is 13.0 Å². The molecule has 0 aliphatic heterocycles. The Balaban J connectivity index is 1.68. The van der Waals surface area contributed by atoms with Crippen LogP contribution in [0.15, 0.2) is 24.3 Å². The normalized spacial score (nSPS) is 18.8. The van der Waals surface area contributed by atoms with Crippen molar-refractivity contribution in [1.82, 2.24) is 0 Å². The topological polar surface area (TPSA) is 18.5 Å². The third-order valence-corrected chi connectivity index (χ3v) is 5.51. The third kappa shape index (κ3) is 5.88. The molecule has 0 N–H and O–H groups in total. The fraction of sp³-hybridized carbons (Fsp3) is 0.619. The summed E-state index contributed by atoms with van der Waals surface area (Å²) in [7, 11) is 0. The second kappa shape index (κ2) is 8.98. The lowest BCUT2D eigenvalue weighted by Crippen LogP contribution is -2.19. The number of alkyl halides is 3. The second-order valence-corrected chi connectivity index (χ2v) is 7.52. The highest BCUT2D eigenvalue weighted by Crippen LogP contribution is 2.37. The lowest BCUT2D eigenvalue weighted by Gasteiger charge is -2.21. The molecule has 2 nitrogen and oxygen atoms in total. The average molecular weight is 386 g/mol. The van der Waals surface area contributed by atoms with Gasteiger partial charge >= 0.3 is 6.36 Å². The summed E-state index contributed by atoms with van der Waals surface area (Å²) in [5.74, 6) is -0.989. The van der Waals surface area contributed by atoms with Crippen molar-refractivity contribution in [1.29, 1.82) is 0 Å². The Morgan fingerprint density at radius 2 is 1.78 bits per heavy atom. The second-order valence-electron chi connectivity index (χ2n) is 7.52. The fourth-order valence-electron chi connectivity index (χ4n) is 3.72. The van der Waals surface area contributed by atoms with E-state index >= 15 is 0 Å². The molecule has 0 amide bonds. The zero-order valence-corrected chi connectivity index (χ0v) is 15.4. The molecule has 0 radical (unpaired) electrons. The standard InChI is InChI=1S/C21H26F4O2/c22-19-17(10-4-9-15-7-3-8-15)11-12-18(20(19)27-21(23,24)25)26-14-13-16-5-1-2-6-16/h4,9,11-12,15-16H,1-3,5-8,10,13-14H2/b9-4+. The fourth-order valence-corrected chi connectivity index (χ4v) is 3.72. The summed E-state index contributed by atoms with van der Waals surface area (Å²) in [4.78, 5) is 0. The van der Waals surface area contributed by atoms with Gasteiger partial charge in [0.1, 0.15) is 0 Å². The maximum Gasteiger partial charge on any atom is 0.573 e. The van der Waals surface area contributed by atoms with Gasteiger partial charge < -0.3 is 9.47 Å². The van der Waals surface area contributed by atoms with Gasteiger partial charge in [0.05, 0.1) is 6.61 Å². The molecule has 150 valence electrons. The predicted molar refractivity (Wildman–Crippen MR) is 95.3 cm³/mol. The number of benzene rings is 1. The summed E-state index contributed by atoms with van der Waals surface area (Å²) in [6.07, 6.45) is 7.91. The highest BCUT2D eigenvalue weighted by Gasteiger charge is 2.35. The molecule has 0 unspecified atom stereocenters. The number of halogens is 4. The monoisotopic (exact) mass is 386 g/mol. The van der Waals surface area contributed by atoms with Crippen LogP contribution in [0.4, 0.5) is 17.6 Å². The van der Waals surface area contributed by atoms with E-state index in [1.54, 1.807) is 0 Å². The maximum atomic E-state index is 14.7. The van der Waals surface area contributed by atoms with Gasteiger partial charge in [-0.25, -0.2) is 4.39 Å². The average Bonchev–Trinajstić information content (AvgIpc) is 3.07. The van der Waals surface area contributed by atoms with Gasteiger partial charge in [-0.3, -0.25) is 0 Å². The molecule has 0 spiro atoms. The molecule has 2 fully saturated rings. The Morgan fingerprint density at radius 1 is 1.04 bits per heavy atom. The van der Waals surface area contributed by atoms with Gasteiger partial charge in [-0.2, -0.15) is 0 Å². The van der Waals surface area contributed by atoms with E-state index in [4.69, 9.17) is 4.74 Å². The van der Waals surface area contributed by atoms with Crippen molar-refractivity contribution in [2.24, 2.45) is 11.8 Å². The van der Waals surface area contributed by atoms with Crippen LogP contribution in [0.2, 0.25) is 0 Å². The van der Waals surface area contributed by atoms with E-state index in [1.807, 2.05) is 12.2 Å². The predicted octanol–water partition coefficient (Wildman–Crippen LogP) is 6.58. The SMILES string of the molecule is Fc1c(C/C=C/C2CCC2)ccc(OCCC2CCCC2)c1OC(F)(F)F. The summed E-state index contributed by atoms with van der Waals surface area (Å²) < 4.78 is 62.4. The first-order valence-electron chi connectivity index (χ1n) is 9.79. The molecule has 0 aromatic heterocycles. The van der Waals surface area contributed by atoms with Gasteiger partial charge in [-0.05, 0) is 49.1 Å². The Morgan fingerprint density at radius 3 is 2.41 bits per heavy atom. The van der Waals surface area contributed by atoms with E-state index in [2.05, 4.69) is 4.74 Å². The minimum absolute atomic E-state index is 0.174. The molecular formula is C21H26F4O2. The molecule has 2 saturated carbocycles. The first-order chi connectivity index (χ1) is 12.9. The minimum Gasteiger partial charge on any atom is -0.490 e. The van der Waals surface area contributed by atoms with Gasteiger partial charge in [0.2, 0.25) is 5.75 Å². The summed E-state index contributed by atoms with van der Waals surface area (Å²) >= 11 is 0. The van der Waals surface area contributed by atoms with Crippen LogP contribution in [-0.2, 0) is 6.42 Å². The number of allylic oxidation sites excluding steroid dienone is 2. The van der Waals surface area contributed by atoms with Crippen molar-refractivity contribution in [3.05, 3.63) is 35.7 Å². The van der Waals surface area contributed by atoms with Crippen LogP contribution < -0.4 is 9.47 Å². The summed E-state index contributed by atoms with van der Waals surface area (Å²) in [5.41, 5.74) is 0.174. The molecular weight excluding hydrogens is 360 g/mol. The van der Waals surface area contributed by atoms with Gasteiger partial charge in [-0.1, -0.05) is 50.3 Å². The lowest BCUT2D eigenvalue weighted by atomic mass is 9.85. The van der Waals surface area contributed by atoms with E-state index in [-0.39, 0.29) is 24.3 Å². The van der Waals surface area contributed by atoms with Gasteiger partial charge in [0, 0.05) is 0 Å². The van der Waals surface area contributed by atoms with E-state index < -0.39 is 17.9 Å². The number of hydrogen-bond acceptors (Lipinski definition) is 2. The molecule has 2 aliphatic carbocycles. The molecule has 0 atom stereocenters. The molecule has 0 heterocycles. The molecule has 1 aromatic rings. The van der Waals surface area contributed by atoms with Crippen LogP contribution in [0.1, 0.15) is 56.9 Å². The zero-order valence-electron chi connectivity index (χ0n) is 15.4. The highest BCUT2D eigenvalue weighted by molar-refractivity contribution is 5.45. The maximum absolute atomic E-state index is 14.7. The summed E-state index contributed by atoms with van der Waals surface area (Å²) in [6, 6.07) is 2.86. The molecule has 2 aliphatic rings. The van der Waals surface area contributed by atoms with E-state index in [9.17, 15) is 17.6 Å². The van der Waals surface area contributed by atoms with Gasteiger partial charge in [0.15, 0.2) is 11.6 Å². The number of ether oxygens (including phenoxy) is 2. The van der Waals surface area contributed by atoms with Gasteiger partial charge in [-0.15, -0.1) is 13.2 Å². The molecule has 27 heavy (non-hydrogen) atoms. The van der Waals surface area contributed by atoms with E-state index in [1.165, 1.54) is 31.4 Å². The van der Waals surface area contributed by atoms with Crippen LogP contribution >= 0.6 is 0 Å². The Kier molecular flexibility index (Phi) is 6.66.